The van der Waals surface area contributed by atoms with Gasteiger partial charge in [-0.2, -0.15) is 9.78 Å². The Morgan fingerprint density at radius 2 is 1.93 bits per heavy atom. The number of nitrogens with zero attached hydrogens (tertiary/aromatic N) is 6. The van der Waals surface area contributed by atoms with Gasteiger partial charge in [0.2, 0.25) is 5.91 Å². The van der Waals surface area contributed by atoms with Gasteiger partial charge in [-0.05, 0) is 25.5 Å². The summed E-state index contributed by atoms with van der Waals surface area (Å²) in [5.74, 6) is 0.478. The van der Waals surface area contributed by atoms with Crippen molar-refractivity contribution in [3.63, 3.8) is 0 Å². The summed E-state index contributed by atoms with van der Waals surface area (Å²) < 4.78 is 4.62. The maximum atomic E-state index is 12.9. The van der Waals surface area contributed by atoms with Crippen LogP contribution in [0.25, 0.3) is 5.69 Å². The summed E-state index contributed by atoms with van der Waals surface area (Å²) in [5.41, 5.74) is 2.39. The number of carbonyl (C=O) groups is 1. The van der Waals surface area contributed by atoms with Gasteiger partial charge in [0.15, 0.2) is 0 Å². The molecule has 0 unspecified atom stereocenters. The molecule has 0 aliphatic rings. The molecule has 3 aromatic rings. The minimum Gasteiger partial charge on any atom is -0.340 e. The van der Waals surface area contributed by atoms with Crippen LogP contribution in [0.2, 0.25) is 0 Å². The quantitative estimate of drug-likeness (QED) is 0.623. The van der Waals surface area contributed by atoms with E-state index in [-0.39, 0.29) is 18.1 Å². The highest BCUT2D eigenvalue weighted by molar-refractivity contribution is 5.75. The molecule has 0 radical (unpaired) electrons. The van der Waals surface area contributed by atoms with Gasteiger partial charge in [0.05, 0.1) is 11.9 Å². The van der Waals surface area contributed by atoms with E-state index in [1.165, 1.54) is 9.25 Å². The van der Waals surface area contributed by atoms with Gasteiger partial charge in [0, 0.05) is 38.3 Å². The molecule has 0 saturated carbocycles. The number of hydrogen-bond acceptors (Lipinski definition) is 4. The average Bonchev–Trinajstić information content (AvgIpc) is 3.17. The molecular weight excluding hydrogens is 356 g/mol. The Hall–Kier alpha value is -3.16. The van der Waals surface area contributed by atoms with E-state index in [1.807, 2.05) is 51.2 Å². The third-order valence-corrected chi connectivity index (χ3v) is 4.88. The maximum Gasteiger partial charge on any atom is 0.351 e. The van der Waals surface area contributed by atoms with Crippen molar-refractivity contribution < 1.29 is 4.79 Å². The maximum absolute atomic E-state index is 12.9. The first-order valence-electron chi connectivity index (χ1n) is 9.38. The van der Waals surface area contributed by atoms with Crippen molar-refractivity contribution in [2.75, 3.05) is 7.05 Å². The van der Waals surface area contributed by atoms with Crippen molar-refractivity contribution in [3.05, 3.63) is 64.1 Å². The van der Waals surface area contributed by atoms with Crippen LogP contribution < -0.4 is 5.69 Å². The van der Waals surface area contributed by atoms with Gasteiger partial charge in [0.1, 0.15) is 12.4 Å². The number of likely N-dealkylation sites (N-methyl/N-ethyl adjacent to an activating group) is 1. The van der Waals surface area contributed by atoms with E-state index >= 15 is 0 Å². The van der Waals surface area contributed by atoms with Crippen LogP contribution in [-0.2, 0) is 31.4 Å². The molecule has 0 bridgehead atoms. The lowest BCUT2D eigenvalue weighted by Crippen LogP contribution is -2.34. The van der Waals surface area contributed by atoms with E-state index in [1.54, 1.807) is 22.8 Å². The molecule has 8 nitrogen and oxygen atoms in total. The monoisotopic (exact) mass is 382 g/mol. The minimum atomic E-state index is -0.297. The zero-order valence-corrected chi connectivity index (χ0v) is 16.8. The van der Waals surface area contributed by atoms with Crippen LogP contribution in [0, 0.1) is 6.92 Å². The van der Waals surface area contributed by atoms with E-state index in [9.17, 15) is 9.59 Å². The zero-order valence-electron chi connectivity index (χ0n) is 16.8. The fourth-order valence-corrected chi connectivity index (χ4v) is 3.04. The summed E-state index contributed by atoms with van der Waals surface area (Å²) in [7, 11) is 3.61. The largest absolute Gasteiger partial charge is 0.351 e. The normalized spacial score (nSPS) is 11.0. The number of aromatic nitrogens is 5. The number of rotatable bonds is 7. The Labute approximate surface area is 164 Å². The Morgan fingerprint density at radius 3 is 2.54 bits per heavy atom. The number of carbonyl (C=O) groups excluding carboxylic acids is 1. The Morgan fingerprint density at radius 1 is 1.21 bits per heavy atom. The molecule has 0 aliphatic heterocycles. The van der Waals surface area contributed by atoms with Gasteiger partial charge in [-0.25, -0.2) is 4.79 Å². The van der Waals surface area contributed by atoms with E-state index in [0.717, 1.165) is 17.7 Å². The Balaban J connectivity index is 1.84. The molecule has 3 rings (SSSR count). The van der Waals surface area contributed by atoms with E-state index < -0.39 is 0 Å². The van der Waals surface area contributed by atoms with Crippen LogP contribution in [0.1, 0.15) is 30.4 Å². The molecule has 1 aromatic carbocycles. The molecule has 2 heterocycles. The molecule has 0 aliphatic carbocycles. The molecule has 1 amide bonds. The second-order valence-electron chi connectivity index (χ2n) is 6.91. The lowest BCUT2D eigenvalue weighted by atomic mass is 10.2. The van der Waals surface area contributed by atoms with Crippen molar-refractivity contribution in [1.29, 1.82) is 0 Å². The first kappa shape index (κ1) is 19.6. The highest BCUT2D eigenvalue weighted by atomic mass is 16.2. The fraction of sp³-hybridized carbons (Fsp3) is 0.400. The fourth-order valence-electron chi connectivity index (χ4n) is 3.04. The smallest absolute Gasteiger partial charge is 0.340 e. The van der Waals surface area contributed by atoms with Crippen molar-refractivity contribution in [2.24, 2.45) is 7.05 Å². The van der Waals surface area contributed by atoms with E-state index in [2.05, 4.69) is 10.2 Å². The second-order valence-corrected chi connectivity index (χ2v) is 6.91. The first-order chi connectivity index (χ1) is 13.4. The molecule has 0 saturated heterocycles. The highest BCUT2D eigenvalue weighted by Gasteiger charge is 2.19. The number of aryl methyl sites for hydroxylation is 2. The standard InChI is InChI=1S/C20H26N6O2/c1-5-9-18-22-26(17-10-7-6-8-11-17)20(28)25(18)14-19(27)23(3)13-16-12-21-24(4)15(16)2/h6-8,10-12H,5,9,13-14H2,1-4H3. The summed E-state index contributed by atoms with van der Waals surface area (Å²) in [5, 5.41) is 8.68. The average molecular weight is 382 g/mol. The number of hydrogen-bond donors (Lipinski definition) is 0. The zero-order chi connectivity index (χ0) is 20.3. The summed E-state index contributed by atoms with van der Waals surface area (Å²) >= 11 is 0. The van der Waals surface area contributed by atoms with Crippen molar-refractivity contribution >= 4 is 5.91 Å². The van der Waals surface area contributed by atoms with E-state index in [0.29, 0.717) is 24.5 Å². The minimum absolute atomic E-state index is 0.0309. The van der Waals surface area contributed by atoms with Crippen LogP contribution in [0.15, 0.2) is 41.3 Å². The third kappa shape index (κ3) is 3.90. The highest BCUT2D eigenvalue weighted by Crippen LogP contribution is 2.10. The van der Waals surface area contributed by atoms with E-state index in [4.69, 9.17) is 0 Å². The van der Waals surface area contributed by atoms with Crippen LogP contribution in [0.3, 0.4) is 0 Å². The second kappa shape index (κ2) is 8.24. The topological polar surface area (TPSA) is 78.0 Å². The summed E-state index contributed by atoms with van der Waals surface area (Å²) in [6.07, 6.45) is 3.24. The summed E-state index contributed by atoms with van der Waals surface area (Å²) in [6.45, 7) is 4.41. The summed E-state index contributed by atoms with van der Waals surface area (Å²) in [4.78, 5) is 27.3. The molecule has 0 atom stereocenters. The molecule has 0 N–H and O–H groups in total. The Kier molecular flexibility index (Phi) is 5.77. The molecule has 8 heteroatoms. The van der Waals surface area contributed by atoms with Crippen molar-refractivity contribution in [1.82, 2.24) is 29.0 Å². The predicted molar refractivity (Wildman–Crippen MR) is 106 cm³/mol. The SMILES string of the molecule is CCCc1nn(-c2ccccc2)c(=O)n1CC(=O)N(C)Cc1cnn(C)c1C. The van der Waals surface area contributed by atoms with Crippen molar-refractivity contribution in [2.45, 2.75) is 39.8 Å². The van der Waals surface area contributed by atoms with Gasteiger partial charge < -0.3 is 4.90 Å². The molecule has 2 aromatic heterocycles. The number of benzene rings is 1. The van der Waals surface area contributed by atoms with Gasteiger partial charge in [-0.1, -0.05) is 25.1 Å². The van der Waals surface area contributed by atoms with Gasteiger partial charge >= 0.3 is 5.69 Å². The van der Waals surface area contributed by atoms with Gasteiger partial charge in [-0.3, -0.25) is 14.0 Å². The van der Waals surface area contributed by atoms with Crippen LogP contribution in [0.5, 0.6) is 0 Å². The molecule has 28 heavy (non-hydrogen) atoms. The van der Waals surface area contributed by atoms with Gasteiger partial charge in [-0.15, -0.1) is 5.10 Å². The molecule has 0 fully saturated rings. The molecular formula is C20H26N6O2. The number of amides is 1. The predicted octanol–water partition coefficient (Wildman–Crippen LogP) is 1.69. The third-order valence-electron chi connectivity index (χ3n) is 4.88. The molecule has 0 spiro atoms. The molecule has 148 valence electrons. The van der Waals surface area contributed by atoms with Gasteiger partial charge in [0.25, 0.3) is 0 Å². The van der Waals surface area contributed by atoms with Crippen molar-refractivity contribution in [3.8, 4) is 5.69 Å². The lowest BCUT2D eigenvalue weighted by Gasteiger charge is -2.17. The summed E-state index contributed by atoms with van der Waals surface area (Å²) in [6, 6.07) is 9.25. The van der Waals surface area contributed by atoms with Crippen LogP contribution in [0.4, 0.5) is 0 Å². The van der Waals surface area contributed by atoms with Crippen LogP contribution >= 0.6 is 0 Å². The first-order valence-corrected chi connectivity index (χ1v) is 9.38. The van der Waals surface area contributed by atoms with Crippen LogP contribution in [-0.4, -0.2) is 42.0 Å². The lowest BCUT2D eigenvalue weighted by molar-refractivity contribution is -0.131. The number of para-hydroxylation sites is 1. The Bertz CT molecular complexity index is 1020.